The maximum Gasteiger partial charge on any atom is 0.341 e. The molecule has 7 heteroatoms. The molecule has 6 nitrogen and oxygen atoms in total. The molecule has 0 fully saturated rings. The van der Waals surface area contributed by atoms with E-state index in [1.165, 1.54) is 24.0 Å². The van der Waals surface area contributed by atoms with Gasteiger partial charge in [-0.3, -0.25) is 4.79 Å². The number of aromatic nitrogens is 2. The number of carbonyl (C=O) groups is 2. The van der Waals surface area contributed by atoms with E-state index < -0.39 is 5.97 Å². The number of hydrogen-bond donors (Lipinski definition) is 1. The SMILES string of the molecule is COC(=O)c1c(NC(=O)Cc2cn3ccc(C)cc3n2)sc(C)c1-c1ccc(C)c(C)c1. The summed E-state index contributed by atoms with van der Waals surface area (Å²) in [5, 5.41) is 3.41. The summed E-state index contributed by atoms with van der Waals surface area (Å²) >= 11 is 1.38. The van der Waals surface area contributed by atoms with Crippen LogP contribution in [0.25, 0.3) is 16.8 Å². The van der Waals surface area contributed by atoms with Gasteiger partial charge < -0.3 is 14.5 Å². The molecule has 1 amide bonds. The first-order valence-corrected chi connectivity index (χ1v) is 11.1. The number of amides is 1. The predicted octanol–water partition coefficient (Wildman–Crippen LogP) is 5.26. The quantitative estimate of drug-likeness (QED) is 0.423. The Bertz CT molecular complexity index is 1350. The van der Waals surface area contributed by atoms with Crippen LogP contribution in [0.5, 0.6) is 0 Å². The zero-order valence-electron chi connectivity index (χ0n) is 18.8. The molecule has 3 aromatic heterocycles. The van der Waals surface area contributed by atoms with Gasteiger partial charge in [0.15, 0.2) is 0 Å². The second-order valence-corrected chi connectivity index (χ2v) is 9.18. The van der Waals surface area contributed by atoms with Crippen LogP contribution in [-0.2, 0) is 16.0 Å². The number of benzene rings is 1. The smallest absolute Gasteiger partial charge is 0.341 e. The second-order valence-electron chi connectivity index (χ2n) is 7.95. The molecule has 0 saturated heterocycles. The Morgan fingerprint density at radius 2 is 1.88 bits per heavy atom. The van der Waals surface area contributed by atoms with E-state index in [0.29, 0.717) is 16.3 Å². The Hall–Kier alpha value is -3.45. The fourth-order valence-electron chi connectivity index (χ4n) is 3.73. The minimum absolute atomic E-state index is 0.108. The summed E-state index contributed by atoms with van der Waals surface area (Å²) in [7, 11) is 1.35. The minimum atomic E-state index is -0.471. The molecule has 0 aliphatic rings. The molecule has 1 aromatic carbocycles. The van der Waals surface area contributed by atoms with Gasteiger partial charge in [-0.1, -0.05) is 18.2 Å². The van der Waals surface area contributed by atoms with Gasteiger partial charge in [0, 0.05) is 22.8 Å². The molecule has 0 unspecified atom stereocenters. The molecule has 4 aromatic rings. The Balaban J connectivity index is 1.65. The van der Waals surface area contributed by atoms with Gasteiger partial charge in [-0.05, 0) is 62.1 Å². The Morgan fingerprint density at radius 1 is 1.09 bits per heavy atom. The van der Waals surface area contributed by atoms with Crippen LogP contribution in [0, 0.1) is 27.7 Å². The van der Waals surface area contributed by atoms with Crippen molar-refractivity contribution in [2.24, 2.45) is 0 Å². The van der Waals surface area contributed by atoms with E-state index in [-0.39, 0.29) is 12.3 Å². The van der Waals surface area contributed by atoms with Gasteiger partial charge in [-0.2, -0.15) is 0 Å². The van der Waals surface area contributed by atoms with Crippen LogP contribution in [0.4, 0.5) is 5.00 Å². The van der Waals surface area contributed by atoms with Crippen molar-refractivity contribution in [1.29, 1.82) is 0 Å². The monoisotopic (exact) mass is 447 g/mol. The van der Waals surface area contributed by atoms with Gasteiger partial charge in [0.1, 0.15) is 16.2 Å². The largest absolute Gasteiger partial charge is 0.465 e. The molecule has 0 spiro atoms. The summed E-state index contributed by atoms with van der Waals surface area (Å²) in [6.07, 6.45) is 3.87. The number of fused-ring (bicyclic) bond motifs is 1. The number of rotatable bonds is 5. The first-order chi connectivity index (χ1) is 15.3. The fourth-order valence-corrected chi connectivity index (χ4v) is 4.81. The number of esters is 1. The van der Waals surface area contributed by atoms with E-state index in [0.717, 1.165) is 32.8 Å². The zero-order valence-corrected chi connectivity index (χ0v) is 19.6. The van der Waals surface area contributed by atoms with Crippen molar-refractivity contribution >= 4 is 33.9 Å². The minimum Gasteiger partial charge on any atom is -0.465 e. The third kappa shape index (κ3) is 4.16. The van der Waals surface area contributed by atoms with Crippen LogP contribution in [0.3, 0.4) is 0 Å². The number of anilines is 1. The molecule has 3 heterocycles. The first kappa shape index (κ1) is 21.8. The number of aryl methyl sites for hydroxylation is 4. The van der Waals surface area contributed by atoms with E-state index in [9.17, 15) is 9.59 Å². The molecular weight excluding hydrogens is 422 g/mol. The molecule has 0 aliphatic heterocycles. The molecule has 4 rings (SSSR count). The lowest BCUT2D eigenvalue weighted by atomic mass is 9.97. The van der Waals surface area contributed by atoms with Crippen molar-refractivity contribution in [3.63, 3.8) is 0 Å². The van der Waals surface area contributed by atoms with Crippen molar-refractivity contribution in [3.8, 4) is 11.1 Å². The third-order valence-corrected chi connectivity index (χ3v) is 6.55. The van der Waals surface area contributed by atoms with Crippen molar-refractivity contribution in [2.45, 2.75) is 34.1 Å². The average Bonchev–Trinajstić information content (AvgIpc) is 3.28. The lowest BCUT2D eigenvalue weighted by Crippen LogP contribution is -2.16. The van der Waals surface area contributed by atoms with Crippen LogP contribution in [0.2, 0.25) is 0 Å². The van der Waals surface area contributed by atoms with Crippen molar-refractivity contribution in [2.75, 3.05) is 12.4 Å². The second kappa shape index (κ2) is 8.59. The third-order valence-electron chi connectivity index (χ3n) is 5.53. The summed E-state index contributed by atoms with van der Waals surface area (Å²) in [4.78, 5) is 31.0. The van der Waals surface area contributed by atoms with Gasteiger partial charge in [0.05, 0.1) is 19.2 Å². The number of imidazole rings is 1. The molecule has 0 saturated carbocycles. The highest BCUT2D eigenvalue weighted by Crippen LogP contribution is 2.40. The lowest BCUT2D eigenvalue weighted by molar-refractivity contribution is -0.115. The number of nitrogens with one attached hydrogen (secondary N) is 1. The molecule has 0 bridgehead atoms. The van der Waals surface area contributed by atoms with Crippen LogP contribution in [0.1, 0.15) is 37.6 Å². The van der Waals surface area contributed by atoms with Gasteiger partial charge in [-0.15, -0.1) is 11.3 Å². The van der Waals surface area contributed by atoms with Gasteiger partial charge in [0.2, 0.25) is 5.91 Å². The van der Waals surface area contributed by atoms with Gasteiger partial charge in [0.25, 0.3) is 0 Å². The van der Waals surface area contributed by atoms with E-state index in [4.69, 9.17) is 4.74 Å². The highest BCUT2D eigenvalue weighted by molar-refractivity contribution is 7.17. The molecule has 1 N–H and O–H groups in total. The van der Waals surface area contributed by atoms with Crippen LogP contribution in [-0.4, -0.2) is 28.4 Å². The number of nitrogens with zero attached hydrogens (tertiary/aromatic N) is 2. The van der Waals surface area contributed by atoms with Crippen LogP contribution >= 0.6 is 11.3 Å². The van der Waals surface area contributed by atoms with Crippen molar-refractivity contribution < 1.29 is 14.3 Å². The normalized spacial score (nSPS) is 11.0. The summed E-state index contributed by atoms with van der Waals surface area (Å²) in [6, 6.07) is 10.0. The molecule has 32 heavy (non-hydrogen) atoms. The van der Waals surface area contributed by atoms with Gasteiger partial charge in [-0.25, -0.2) is 9.78 Å². The highest BCUT2D eigenvalue weighted by Gasteiger charge is 2.25. The molecule has 0 atom stereocenters. The summed E-state index contributed by atoms with van der Waals surface area (Å²) in [6.45, 7) is 8.04. The number of carbonyl (C=O) groups excluding carboxylic acids is 2. The number of hydrogen-bond acceptors (Lipinski definition) is 5. The average molecular weight is 448 g/mol. The van der Waals surface area contributed by atoms with Crippen LogP contribution in [0.15, 0.2) is 42.7 Å². The summed E-state index contributed by atoms with van der Waals surface area (Å²) < 4.78 is 6.95. The maximum absolute atomic E-state index is 12.8. The fraction of sp³-hybridized carbons (Fsp3) is 0.240. The van der Waals surface area contributed by atoms with Gasteiger partial charge >= 0.3 is 5.97 Å². The lowest BCUT2D eigenvalue weighted by Gasteiger charge is -2.09. The van der Waals surface area contributed by atoms with E-state index in [2.05, 4.69) is 16.4 Å². The number of thiophene rings is 1. The first-order valence-electron chi connectivity index (χ1n) is 10.3. The summed E-state index contributed by atoms with van der Waals surface area (Å²) in [5.41, 5.74) is 6.99. The number of ether oxygens (including phenoxy) is 1. The maximum atomic E-state index is 12.8. The molecule has 0 aliphatic carbocycles. The molecular formula is C25H25N3O3S. The van der Waals surface area contributed by atoms with Crippen molar-refractivity contribution in [1.82, 2.24) is 9.38 Å². The molecule has 0 radical (unpaired) electrons. The highest BCUT2D eigenvalue weighted by atomic mass is 32.1. The standard InChI is InChI=1S/C25H25N3O3S/c1-14-8-9-28-13-19(26-20(28)10-14)12-21(29)27-24-23(25(30)31-5)22(17(4)32-24)18-7-6-15(2)16(3)11-18/h6-11,13H,12H2,1-5H3,(H,27,29). The Morgan fingerprint density at radius 3 is 2.59 bits per heavy atom. The predicted molar refractivity (Wildman–Crippen MR) is 128 cm³/mol. The number of pyridine rings is 1. The van der Waals surface area contributed by atoms with Crippen molar-refractivity contribution in [3.05, 3.63) is 75.6 Å². The van der Waals surface area contributed by atoms with E-state index in [1.54, 1.807) is 0 Å². The van der Waals surface area contributed by atoms with E-state index >= 15 is 0 Å². The Labute approximate surface area is 190 Å². The zero-order chi connectivity index (χ0) is 23.0. The van der Waals surface area contributed by atoms with E-state index in [1.807, 2.05) is 68.8 Å². The number of methoxy groups -OCH3 is 1. The topological polar surface area (TPSA) is 72.7 Å². The van der Waals surface area contributed by atoms with Crippen LogP contribution < -0.4 is 5.32 Å². The Kier molecular flexibility index (Phi) is 5.84. The molecule has 164 valence electrons. The summed E-state index contributed by atoms with van der Waals surface area (Å²) in [5.74, 6) is -0.704.